The number of amides is 2. The highest BCUT2D eigenvalue weighted by atomic mass is 16.5. The molecule has 2 aliphatic heterocycles. The summed E-state index contributed by atoms with van der Waals surface area (Å²) < 4.78 is 5.63. The summed E-state index contributed by atoms with van der Waals surface area (Å²) in [5.41, 5.74) is -0.799. The summed E-state index contributed by atoms with van der Waals surface area (Å²) in [6.45, 7) is 8.93. The van der Waals surface area contributed by atoms with Crippen LogP contribution in [0.5, 0.6) is 0 Å². The van der Waals surface area contributed by atoms with Gasteiger partial charge >= 0.3 is 0 Å². The molecule has 0 spiro atoms. The van der Waals surface area contributed by atoms with Crippen molar-refractivity contribution in [3.05, 3.63) is 0 Å². The highest BCUT2D eigenvalue weighted by Crippen LogP contribution is 2.27. The Morgan fingerprint density at radius 3 is 2.70 bits per heavy atom. The van der Waals surface area contributed by atoms with Gasteiger partial charge in [0.2, 0.25) is 11.8 Å². The Hall–Kier alpha value is -1.10. The zero-order chi connectivity index (χ0) is 14.9. The summed E-state index contributed by atoms with van der Waals surface area (Å²) >= 11 is 0. The highest BCUT2D eigenvalue weighted by molar-refractivity contribution is 5.99. The van der Waals surface area contributed by atoms with Crippen LogP contribution >= 0.6 is 0 Å². The van der Waals surface area contributed by atoms with E-state index in [4.69, 9.17) is 4.74 Å². The average molecular weight is 282 g/mol. The van der Waals surface area contributed by atoms with Gasteiger partial charge in [-0.15, -0.1) is 0 Å². The van der Waals surface area contributed by atoms with Crippen LogP contribution < -0.4 is 5.32 Å². The predicted molar refractivity (Wildman–Crippen MR) is 76.2 cm³/mol. The number of hydrogen-bond acceptors (Lipinski definition) is 3. The van der Waals surface area contributed by atoms with Crippen LogP contribution in [0.4, 0.5) is 0 Å². The molecular weight excluding hydrogens is 256 g/mol. The van der Waals surface area contributed by atoms with Gasteiger partial charge in [-0.3, -0.25) is 9.59 Å². The molecule has 2 rings (SSSR count). The number of rotatable bonds is 4. The number of hydrogen-bond donors (Lipinski definition) is 1. The van der Waals surface area contributed by atoms with Crippen LogP contribution in [0.2, 0.25) is 0 Å². The van der Waals surface area contributed by atoms with E-state index in [2.05, 4.69) is 5.32 Å². The number of carbonyl (C=O) groups excluding carboxylic acids is 2. The summed E-state index contributed by atoms with van der Waals surface area (Å²) in [4.78, 5) is 26.8. The van der Waals surface area contributed by atoms with Crippen molar-refractivity contribution in [1.29, 1.82) is 0 Å². The molecular formula is C15H26N2O3. The molecule has 2 amide bonds. The summed E-state index contributed by atoms with van der Waals surface area (Å²) in [5.74, 6) is 0.106. The third-order valence-electron chi connectivity index (χ3n) is 4.67. The minimum absolute atomic E-state index is 0.0273. The van der Waals surface area contributed by atoms with Crippen LogP contribution in [0.1, 0.15) is 47.0 Å². The van der Waals surface area contributed by atoms with Gasteiger partial charge in [0.05, 0.1) is 6.10 Å². The number of piperazine rings is 1. The van der Waals surface area contributed by atoms with Gasteiger partial charge in [-0.25, -0.2) is 0 Å². The summed E-state index contributed by atoms with van der Waals surface area (Å²) in [7, 11) is 0. The molecule has 0 bridgehead atoms. The normalized spacial score (nSPS) is 31.3. The van der Waals surface area contributed by atoms with Crippen molar-refractivity contribution in [3.63, 3.8) is 0 Å². The van der Waals surface area contributed by atoms with E-state index in [0.29, 0.717) is 6.54 Å². The first-order valence-corrected chi connectivity index (χ1v) is 7.62. The fraction of sp³-hybridized carbons (Fsp3) is 0.867. The fourth-order valence-electron chi connectivity index (χ4n) is 2.88. The monoisotopic (exact) mass is 282 g/mol. The number of nitrogens with one attached hydrogen (secondary N) is 1. The molecule has 2 saturated heterocycles. The minimum atomic E-state index is -0.799. The van der Waals surface area contributed by atoms with Gasteiger partial charge in [-0.1, -0.05) is 20.3 Å². The maximum atomic E-state index is 12.7. The lowest BCUT2D eigenvalue weighted by Gasteiger charge is -2.46. The van der Waals surface area contributed by atoms with E-state index in [1.54, 1.807) is 4.90 Å². The van der Waals surface area contributed by atoms with Gasteiger partial charge < -0.3 is 15.0 Å². The molecule has 2 aliphatic rings. The number of nitrogens with zero attached hydrogens (tertiary/aromatic N) is 1. The molecule has 0 aromatic heterocycles. The molecule has 0 saturated carbocycles. The molecule has 5 nitrogen and oxygen atoms in total. The fourth-order valence-corrected chi connectivity index (χ4v) is 2.88. The predicted octanol–water partition coefficient (Wildman–Crippen LogP) is 1.32. The quantitative estimate of drug-likeness (QED) is 0.846. The Labute approximate surface area is 121 Å². The lowest BCUT2D eigenvalue weighted by Crippen LogP contribution is -2.70. The minimum Gasteiger partial charge on any atom is -0.376 e. The number of carbonyl (C=O) groups is 2. The van der Waals surface area contributed by atoms with Gasteiger partial charge in [0.15, 0.2) is 0 Å². The third kappa shape index (κ3) is 2.68. The molecule has 3 atom stereocenters. The van der Waals surface area contributed by atoms with Crippen LogP contribution in [0, 0.1) is 5.92 Å². The largest absolute Gasteiger partial charge is 0.376 e. The van der Waals surface area contributed by atoms with E-state index in [0.717, 1.165) is 25.9 Å². The lowest BCUT2D eigenvalue weighted by atomic mass is 9.89. The van der Waals surface area contributed by atoms with Crippen LogP contribution in [-0.4, -0.2) is 47.6 Å². The maximum absolute atomic E-state index is 12.7. The Morgan fingerprint density at radius 1 is 1.45 bits per heavy atom. The van der Waals surface area contributed by atoms with E-state index in [9.17, 15) is 9.59 Å². The molecule has 20 heavy (non-hydrogen) atoms. The summed E-state index contributed by atoms with van der Waals surface area (Å²) in [6, 6.07) is -0.401. The zero-order valence-corrected chi connectivity index (χ0v) is 12.9. The van der Waals surface area contributed by atoms with Crippen LogP contribution in [-0.2, 0) is 14.3 Å². The second-order valence-electron chi connectivity index (χ2n) is 6.48. The Balaban J connectivity index is 2.18. The Kier molecular flexibility index (Phi) is 4.37. The van der Waals surface area contributed by atoms with Crippen LogP contribution in [0.25, 0.3) is 0 Å². The molecule has 2 fully saturated rings. The van der Waals surface area contributed by atoms with Crippen molar-refractivity contribution in [2.24, 2.45) is 5.92 Å². The Bertz CT molecular complexity index is 389. The third-order valence-corrected chi connectivity index (χ3v) is 4.67. The van der Waals surface area contributed by atoms with Crippen molar-refractivity contribution in [2.45, 2.75) is 64.6 Å². The van der Waals surface area contributed by atoms with E-state index in [1.165, 1.54) is 0 Å². The van der Waals surface area contributed by atoms with Gasteiger partial charge in [-0.2, -0.15) is 0 Å². The molecule has 0 aromatic carbocycles. The summed E-state index contributed by atoms with van der Waals surface area (Å²) in [5, 5.41) is 2.89. The van der Waals surface area contributed by atoms with Crippen LogP contribution in [0.3, 0.4) is 0 Å². The first-order chi connectivity index (χ1) is 9.37. The molecule has 1 N–H and O–H groups in total. The average Bonchev–Trinajstić information content (AvgIpc) is 2.91. The van der Waals surface area contributed by atoms with Crippen molar-refractivity contribution >= 4 is 11.8 Å². The molecule has 5 heteroatoms. The first kappa shape index (κ1) is 15.3. The van der Waals surface area contributed by atoms with Crippen molar-refractivity contribution in [1.82, 2.24) is 10.2 Å². The SMILES string of the molecule is CCC(C)C1NC(=O)C(C)(C)N(CC2CCCO2)C1=O. The highest BCUT2D eigenvalue weighted by Gasteiger charge is 2.48. The second-order valence-corrected chi connectivity index (χ2v) is 6.48. The molecule has 3 unspecified atom stereocenters. The van der Waals surface area contributed by atoms with Gasteiger partial charge in [-0.05, 0) is 32.6 Å². The van der Waals surface area contributed by atoms with E-state index in [-0.39, 0.29) is 23.8 Å². The standard InChI is InChI=1S/C15H26N2O3/c1-5-10(2)12-13(18)17(9-11-7-6-8-20-11)15(3,4)14(19)16-12/h10-12H,5-9H2,1-4H3,(H,16,19). The smallest absolute Gasteiger partial charge is 0.246 e. The molecule has 0 radical (unpaired) electrons. The van der Waals surface area contributed by atoms with Crippen LogP contribution in [0.15, 0.2) is 0 Å². The maximum Gasteiger partial charge on any atom is 0.246 e. The number of ether oxygens (including phenoxy) is 1. The second kappa shape index (κ2) is 5.72. The topological polar surface area (TPSA) is 58.6 Å². The van der Waals surface area contributed by atoms with E-state index in [1.807, 2.05) is 27.7 Å². The van der Waals surface area contributed by atoms with Gasteiger partial charge in [0.1, 0.15) is 11.6 Å². The molecule has 0 aliphatic carbocycles. The van der Waals surface area contributed by atoms with Crippen molar-refractivity contribution in [2.75, 3.05) is 13.2 Å². The molecule has 2 heterocycles. The summed E-state index contributed by atoms with van der Waals surface area (Å²) in [6.07, 6.45) is 2.94. The van der Waals surface area contributed by atoms with E-state index < -0.39 is 11.6 Å². The van der Waals surface area contributed by atoms with Gasteiger partial charge in [0.25, 0.3) is 0 Å². The zero-order valence-electron chi connectivity index (χ0n) is 12.9. The van der Waals surface area contributed by atoms with Gasteiger partial charge in [0, 0.05) is 13.2 Å². The molecule has 114 valence electrons. The first-order valence-electron chi connectivity index (χ1n) is 7.62. The Morgan fingerprint density at radius 2 is 2.15 bits per heavy atom. The van der Waals surface area contributed by atoms with E-state index >= 15 is 0 Å². The molecule has 0 aromatic rings. The lowest BCUT2D eigenvalue weighted by molar-refractivity contribution is -0.158. The van der Waals surface area contributed by atoms with Crippen molar-refractivity contribution < 1.29 is 14.3 Å². The van der Waals surface area contributed by atoms with Crippen molar-refractivity contribution in [3.8, 4) is 0 Å².